The molecule has 0 heterocycles. The van der Waals surface area contributed by atoms with Crippen molar-refractivity contribution in [3.63, 3.8) is 0 Å². The van der Waals surface area contributed by atoms with Gasteiger partial charge in [0.15, 0.2) is 0 Å². The van der Waals surface area contributed by atoms with E-state index in [9.17, 15) is 9.59 Å². The summed E-state index contributed by atoms with van der Waals surface area (Å²) in [4.78, 5) is 20.6. The molecule has 72 valence electrons. The molecule has 0 amide bonds. The number of carbonyl (C=O) groups is 2. The van der Waals surface area contributed by atoms with Crippen molar-refractivity contribution in [1.29, 1.82) is 0 Å². The molecule has 0 rings (SSSR count). The molecule has 0 aliphatic rings. The Labute approximate surface area is 76.3 Å². The van der Waals surface area contributed by atoms with Crippen LogP contribution in [0.1, 0.15) is 12.8 Å². The molecule has 0 aromatic carbocycles. The van der Waals surface area contributed by atoms with Crippen molar-refractivity contribution in [2.75, 3.05) is 7.11 Å². The third-order valence-corrected chi connectivity index (χ3v) is 1.09. The molecule has 0 aromatic heterocycles. The van der Waals surface area contributed by atoms with Crippen molar-refractivity contribution in [2.24, 2.45) is 5.73 Å². The maximum absolute atomic E-state index is 10.5. The fourth-order valence-electron chi connectivity index (χ4n) is 0.594. The van der Waals surface area contributed by atoms with Gasteiger partial charge in [0, 0.05) is 6.04 Å². The van der Waals surface area contributed by atoms with Gasteiger partial charge in [-0.3, -0.25) is 9.59 Å². The second-order valence-electron chi connectivity index (χ2n) is 2.14. The summed E-state index contributed by atoms with van der Waals surface area (Å²) in [6, 6.07) is -0.653. The topological polar surface area (TPSA) is 89.6 Å². The summed E-state index contributed by atoms with van der Waals surface area (Å²) >= 11 is 0. The minimum Gasteiger partial charge on any atom is -0.481 e. The molecule has 0 aromatic rings. The highest BCUT2D eigenvalue weighted by atomic mass is 35.5. The molecule has 1 unspecified atom stereocenters. The van der Waals surface area contributed by atoms with Crippen molar-refractivity contribution in [1.82, 2.24) is 0 Å². The van der Waals surface area contributed by atoms with Gasteiger partial charge in [-0.25, -0.2) is 0 Å². The minimum atomic E-state index is -1.01. The van der Waals surface area contributed by atoms with Crippen LogP contribution in [0.5, 0.6) is 0 Å². The number of rotatable bonds is 4. The van der Waals surface area contributed by atoms with Crippen molar-refractivity contribution < 1.29 is 19.4 Å². The van der Waals surface area contributed by atoms with Gasteiger partial charge in [0.05, 0.1) is 20.0 Å². The van der Waals surface area contributed by atoms with Gasteiger partial charge in [0.25, 0.3) is 0 Å². The second-order valence-corrected chi connectivity index (χ2v) is 2.14. The molecular weight excluding hydrogens is 186 g/mol. The molecule has 3 N–H and O–H groups in total. The Bertz CT molecular complexity index is 162. The van der Waals surface area contributed by atoms with Crippen molar-refractivity contribution in [3.8, 4) is 0 Å². The van der Waals surface area contributed by atoms with E-state index >= 15 is 0 Å². The molecule has 0 bridgehead atoms. The Kier molecular flexibility index (Phi) is 7.88. The summed E-state index contributed by atoms with van der Waals surface area (Å²) < 4.78 is 4.29. The van der Waals surface area contributed by atoms with Crippen LogP contribution < -0.4 is 5.73 Å². The number of nitrogens with two attached hydrogens (primary N) is 1. The number of carboxylic acid groups (broad SMARTS) is 1. The average Bonchev–Trinajstić information content (AvgIpc) is 1.85. The van der Waals surface area contributed by atoms with Crippen molar-refractivity contribution >= 4 is 24.3 Å². The summed E-state index contributed by atoms with van der Waals surface area (Å²) in [7, 11) is 1.23. The molecule has 0 spiro atoms. The van der Waals surface area contributed by atoms with E-state index < -0.39 is 18.0 Å². The molecule has 0 saturated carbocycles. The van der Waals surface area contributed by atoms with Crippen LogP contribution in [0.3, 0.4) is 0 Å². The van der Waals surface area contributed by atoms with Gasteiger partial charge in [-0.15, -0.1) is 12.4 Å². The number of hydrogen-bond acceptors (Lipinski definition) is 4. The van der Waals surface area contributed by atoms with Gasteiger partial charge in [0.2, 0.25) is 0 Å². The van der Waals surface area contributed by atoms with Crippen LogP contribution in [0, 0.1) is 0 Å². The smallest absolute Gasteiger partial charge is 0.307 e. The number of ether oxygens (including phenoxy) is 1. The highest BCUT2D eigenvalue weighted by Crippen LogP contribution is 1.95. The zero-order chi connectivity index (χ0) is 8.85. The second kappa shape index (κ2) is 6.87. The van der Waals surface area contributed by atoms with Crippen LogP contribution >= 0.6 is 12.4 Å². The van der Waals surface area contributed by atoms with E-state index in [0.717, 1.165) is 0 Å². The van der Waals surface area contributed by atoms with Gasteiger partial charge in [0.1, 0.15) is 0 Å². The number of hydrogen-bond donors (Lipinski definition) is 2. The standard InChI is InChI=1S/C6H11NO4.ClH/c1-11-6(10)3-4(7)2-5(8)9;/h4H,2-3,7H2,1H3,(H,8,9);1H. The molecular formula is C6H12ClNO4. The van der Waals surface area contributed by atoms with E-state index in [0.29, 0.717) is 0 Å². The van der Waals surface area contributed by atoms with E-state index in [-0.39, 0.29) is 25.2 Å². The summed E-state index contributed by atoms with van der Waals surface area (Å²) in [5, 5.41) is 8.24. The molecule has 0 saturated heterocycles. The molecule has 6 heteroatoms. The largest absolute Gasteiger partial charge is 0.481 e. The highest BCUT2D eigenvalue weighted by molar-refractivity contribution is 5.85. The van der Waals surface area contributed by atoms with Crippen molar-refractivity contribution in [2.45, 2.75) is 18.9 Å². The number of halogens is 1. The van der Waals surface area contributed by atoms with Crippen LogP contribution in [-0.2, 0) is 14.3 Å². The van der Waals surface area contributed by atoms with Gasteiger partial charge in [-0.1, -0.05) is 0 Å². The van der Waals surface area contributed by atoms with Crippen LogP contribution in [-0.4, -0.2) is 30.2 Å². The number of carboxylic acids is 1. The molecule has 1 atom stereocenters. The normalized spacial score (nSPS) is 11.2. The molecule has 12 heavy (non-hydrogen) atoms. The minimum absolute atomic E-state index is 0. The monoisotopic (exact) mass is 197 g/mol. The lowest BCUT2D eigenvalue weighted by Gasteiger charge is -2.05. The lowest BCUT2D eigenvalue weighted by atomic mass is 10.1. The number of esters is 1. The fourth-order valence-corrected chi connectivity index (χ4v) is 0.594. The highest BCUT2D eigenvalue weighted by Gasteiger charge is 2.12. The van der Waals surface area contributed by atoms with Crippen LogP contribution in [0.2, 0.25) is 0 Å². The van der Waals surface area contributed by atoms with E-state index in [1.165, 1.54) is 7.11 Å². The summed E-state index contributed by atoms with van der Waals surface area (Å²) in [5.41, 5.74) is 5.27. The van der Waals surface area contributed by atoms with Crippen LogP contribution in [0.15, 0.2) is 0 Å². The molecule has 5 nitrogen and oxygen atoms in total. The van der Waals surface area contributed by atoms with E-state index in [4.69, 9.17) is 10.8 Å². The van der Waals surface area contributed by atoms with E-state index in [2.05, 4.69) is 4.74 Å². The van der Waals surface area contributed by atoms with Gasteiger partial charge >= 0.3 is 11.9 Å². The first-order chi connectivity index (χ1) is 5.06. The lowest BCUT2D eigenvalue weighted by Crippen LogP contribution is -2.27. The van der Waals surface area contributed by atoms with Crippen LogP contribution in [0.25, 0.3) is 0 Å². The van der Waals surface area contributed by atoms with Crippen molar-refractivity contribution in [3.05, 3.63) is 0 Å². The quantitative estimate of drug-likeness (QED) is 0.608. The fraction of sp³-hybridized carbons (Fsp3) is 0.667. The predicted molar refractivity (Wildman–Crippen MR) is 44.1 cm³/mol. The van der Waals surface area contributed by atoms with Crippen LogP contribution in [0.4, 0.5) is 0 Å². The number of aliphatic carboxylic acids is 1. The molecule has 0 aliphatic heterocycles. The first kappa shape index (κ1) is 13.8. The molecule has 0 fully saturated rings. The lowest BCUT2D eigenvalue weighted by molar-refractivity contribution is -0.141. The zero-order valence-electron chi connectivity index (χ0n) is 6.65. The van der Waals surface area contributed by atoms with Gasteiger partial charge in [-0.05, 0) is 0 Å². The predicted octanol–water partition coefficient (Wildman–Crippen LogP) is -0.227. The Hall–Kier alpha value is -0.810. The molecule has 0 aliphatic carbocycles. The first-order valence-electron chi connectivity index (χ1n) is 3.10. The Morgan fingerprint density at radius 2 is 2.00 bits per heavy atom. The Morgan fingerprint density at radius 1 is 1.50 bits per heavy atom. The first-order valence-corrected chi connectivity index (χ1v) is 3.10. The Balaban J connectivity index is 0. The summed E-state index contributed by atoms with van der Waals surface area (Å²) in [6.07, 6.45) is -0.266. The Morgan fingerprint density at radius 3 is 2.33 bits per heavy atom. The third-order valence-electron chi connectivity index (χ3n) is 1.09. The molecule has 0 radical (unpaired) electrons. The number of methoxy groups -OCH3 is 1. The summed E-state index contributed by atoms with van der Waals surface area (Å²) in [6.45, 7) is 0. The average molecular weight is 198 g/mol. The maximum Gasteiger partial charge on any atom is 0.307 e. The third kappa shape index (κ3) is 7.30. The maximum atomic E-state index is 10.5. The SMILES string of the molecule is COC(=O)CC(N)CC(=O)O.Cl. The summed E-state index contributed by atoms with van der Waals surface area (Å²) in [5.74, 6) is -1.50. The number of carbonyl (C=O) groups excluding carboxylic acids is 1. The van der Waals surface area contributed by atoms with Gasteiger partial charge < -0.3 is 15.6 Å². The van der Waals surface area contributed by atoms with E-state index in [1.54, 1.807) is 0 Å². The zero-order valence-corrected chi connectivity index (χ0v) is 7.47. The van der Waals surface area contributed by atoms with Gasteiger partial charge in [-0.2, -0.15) is 0 Å². The van der Waals surface area contributed by atoms with E-state index in [1.807, 2.05) is 0 Å².